The summed E-state index contributed by atoms with van der Waals surface area (Å²) in [5, 5.41) is 3.94. The Balaban J connectivity index is 1.14. The van der Waals surface area contributed by atoms with E-state index in [1.54, 1.807) is 0 Å². The zero-order valence-corrected chi connectivity index (χ0v) is 62.9. The molecule has 0 spiro atoms. The number of rotatable bonds is 18. The Bertz CT molecular complexity index is 2920. The minimum Gasteiger partial charge on any atom is -0.362 e. The largest absolute Gasteiger partial charge is 0.362 e. The summed E-state index contributed by atoms with van der Waals surface area (Å²) < 4.78 is 17.4. The fourth-order valence-corrected chi connectivity index (χ4v) is 36.3. The summed E-state index contributed by atoms with van der Waals surface area (Å²) in [5.41, 5.74) is 7.57. The number of aromatic amines is 3. The first-order valence-corrected chi connectivity index (χ1v) is 43.3. The van der Waals surface area contributed by atoms with Gasteiger partial charge in [-0.2, -0.15) is 0 Å². The molecular weight excluding hydrogens is 1330 g/mol. The van der Waals surface area contributed by atoms with Crippen LogP contribution in [0.25, 0.3) is 0 Å². The van der Waals surface area contributed by atoms with Gasteiger partial charge >= 0.3 is 0 Å². The topological polar surface area (TPSA) is 59.4 Å². The van der Waals surface area contributed by atoms with E-state index in [0.717, 1.165) is 45.9 Å². The van der Waals surface area contributed by atoms with Crippen LogP contribution in [-0.2, 0) is 21.7 Å². The molecule has 3 aromatic rings. The van der Waals surface area contributed by atoms with Crippen LogP contribution in [0, 0.1) is 0 Å². The summed E-state index contributed by atoms with van der Waals surface area (Å²) in [6.45, 7) is 43.0. The molecule has 0 radical (unpaired) electrons. The smallest absolute Gasteiger partial charge is 0.0717 e. The summed E-state index contributed by atoms with van der Waals surface area (Å²) in [7, 11) is 0. The minimum atomic E-state index is -0.492. The molecule has 10 heterocycles. The fourth-order valence-electron chi connectivity index (χ4n) is 9.30. The van der Waals surface area contributed by atoms with Gasteiger partial charge < -0.3 is 20.3 Å². The van der Waals surface area contributed by atoms with Crippen LogP contribution in [0.15, 0.2) is 105 Å². The lowest BCUT2D eigenvalue weighted by atomic mass is 9.82. The summed E-state index contributed by atoms with van der Waals surface area (Å²) in [6, 6.07) is 0. The number of hydrogen-bond donors (Lipinski definition) is 4. The van der Waals surface area contributed by atoms with Gasteiger partial charge in [0.15, 0.2) is 0 Å². The second kappa shape index (κ2) is 27.1. The second-order valence-corrected chi connectivity index (χ2v) is 43.9. The van der Waals surface area contributed by atoms with Gasteiger partial charge in [0, 0.05) is 96.6 Å². The van der Waals surface area contributed by atoms with E-state index in [-0.39, 0.29) is 0 Å². The van der Waals surface area contributed by atoms with E-state index in [2.05, 4.69) is 141 Å². The van der Waals surface area contributed by atoms with E-state index in [1.165, 1.54) is 153 Å². The predicted octanol–water partition coefficient (Wildman–Crippen LogP) is 25.2. The SMILES string of the molecule is C=C1NC(=C)C(C)(C)c2[nH]c(c3c2SC(=C2SC(SCCC)=C(SCCC)S2)S3)C(C)(C)c2[nH]c(c3c2SC(=C2SC(SCCC)=C(SCCC)S2)S3)C(C)(C)c2[nH]c(c3c2SC(=C2SC(SCCC)=C(SCCC)S2)S3)C1(C)C. The minimum absolute atomic E-state index is 0.442. The lowest BCUT2D eigenvalue weighted by Gasteiger charge is -2.35. The summed E-state index contributed by atoms with van der Waals surface area (Å²) in [5.74, 6) is 6.89. The van der Waals surface area contributed by atoms with Crippen LogP contribution >= 0.6 is 212 Å². The third-order valence-corrected chi connectivity index (χ3v) is 41.5. The third kappa shape index (κ3) is 12.7. The number of thioether (sulfide) groups is 18. The first kappa shape index (κ1) is 64.8. The molecule has 3 aromatic heterocycles. The van der Waals surface area contributed by atoms with Crippen molar-refractivity contribution >= 4 is 212 Å². The first-order valence-electron chi connectivity index (χ1n) is 27.6. The summed E-state index contributed by atoms with van der Waals surface area (Å²) in [6.07, 6.45) is 7.05. The van der Waals surface area contributed by atoms with Gasteiger partial charge in [0.25, 0.3) is 0 Å². The van der Waals surface area contributed by atoms with Crippen LogP contribution in [0.5, 0.6) is 0 Å². The molecule has 0 saturated carbocycles. The highest BCUT2D eigenvalue weighted by Gasteiger charge is 2.49. The standard InChI is InChI=1S/C58H74N4S18/c1-17-23-63-43-44(64-24-18-2)76-52(75-43)49-69-31-33(71-49)39-57(13,14)41-35-36(74-51(73-35)54-79-47(67-27-21-5)48(80-54)68-28-22-6)42(62-41)58(15,16)40-34-32(38(61-40)56(11,12)30(8)59-29(7)55(9,10)37(31)60-39)70-50(72-34)53-77-45(65-25-19-3)46(78-53)66-26-20-4/h59-62H,7-8,17-28H2,1-6,9-16H3. The van der Waals surface area contributed by atoms with Crippen molar-refractivity contribution in [3.05, 3.63) is 110 Å². The number of allylic oxidation sites excluding steroid dienone is 2. The van der Waals surface area contributed by atoms with Crippen LogP contribution in [0.3, 0.4) is 0 Å². The van der Waals surface area contributed by atoms with Crippen molar-refractivity contribution in [2.75, 3.05) is 34.5 Å². The second-order valence-electron chi connectivity index (χ2n) is 21.9. The van der Waals surface area contributed by atoms with Crippen molar-refractivity contribution in [1.82, 2.24) is 20.3 Å². The maximum atomic E-state index is 4.93. The molecule has 4 N–H and O–H groups in total. The van der Waals surface area contributed by atoms with E-state index in [9.17, 15) is 0 Å². The Hall–Kier alpha value is 1.86. The third-order valence-electron chi connectivity index (χ3n) is 14.2. The number of H-pyrrole nitrogens is 3. The number of nitrogens with one attached hydrogen (secondary N) is 4. The monoisotopic (exact) mass is 1400 g/mol. The molecule has 0 saturated heterocycles. The van der Waals surface area contributed by atoms with Gasteiger partial charge in [-0.25, -0.2) is 0 Å². The molecule has 0 amide bonds. The molecule has 7 aliphatic rings. The zero-order chi connectivity index (χ0) is 57.1. The van der Waals surface area contributed by atoms with Crippen LogP contribution in [0.2, 0.25) is 0 Å². The van der Waals surface area contributed by atoms with Gasteiger partial charge in [0.05, 0.1) is 50.8 Å². The van der Waals surface area contributed by atoms with Crippen LogP contribution in [-0.4, -0.2) is 49.5 Å². The summed E-state index contributed by atoms with van der Waals surface area (Å²) >= 11 is 36.4. The molecule has 6 bridgehead atoms. The summed E-state index contributed by atoms with van der Waals surface area (Å²) in [4.78, 5) is 21.0. The van der Waals surface area contributed by atoms with Crippen molar-refractivity contribution < 1.29 is 0 Å². The Morgan fingerprint density at radius 3 is 0.650 bits per heavy atom. The van der Waals surface area contributed by atoms with Gasteiger partial charge in [-0.3, -0.25) is 0 Å². The molecule has 0 aromatic carbocycles. The van der Waals surface area contributed by atoms with Gasteiger partial charge in [0.2, 0.25) is 0 Å². The maximum absolute atomic E-state index is 4.93. The highest BCUT2D eigenvalue weighted by Crippen LogP contribution is 2.71. The highest BCUT2D eigenvalue weighted by molar-refractivity contribution is 8.44. The molecule has 0 aliphatic carbocycles. The Kier molecular flexibility index (Phi) is 22.0. The molecule has 434 valence electrons. The zero-order valence-electron chi connectivity index (χ0n) is 48.2. The van der Waals surface area contributed by atoms with Crippen LogP contribution < -0.4 is 5.32 Å². The molecule has 0 atom stereocenters. The average Bonchev–Trinajstić information content (AvgIpc) is 4.47. The van der Waals surface area contributed by atoms with Gasteiger partial charge in [-0.05, 0) is 128 Å². The van der Waals surface area contributed by atoms with E-state index in [4.69, 9.17) is 13.2 Å². The molecule has 10 rings (SSSR count). The Morgan fingerprint density at radius 1 is 0.287 bits per heavy atom. The molecular formula is C58H74N4S18. The normalized spacial score (nSPS) is 21.2. The molecule has 22 heteroatoms. The molecule has 80 heavy (non-hydrogen) atoms. The molecule has 4 nitrogen and oxygen atoms in total. The Morgan fingerprint density at radius 2 is 0.463 bits per heavy atom. The molecule has 7 aliphatic heterocycles. The van der Waals surface area contributed by atoms with Gasteiger partial charge in [-0.1, -0.05) is 196 Å². The Labute approximate surface area is 555 Å². The predicted molar refractivity (Wildman–Crippen MR) is 393 cm³/mol. The quantitative estimate of drug-likeness (QED) is 0.0977. The lowest BCUT2D eigenvalue weighted by Crippen LogP contribution is -2.36. The first-order chi connectivity index (χ1) is 38.2. The molecule has 0 unspecified atom stereocenters. The van der Waals surface area contributed by atoms with Crippen molar-refractivity contribution in [3.63, 3.8) is 0 Å². The van der Waals surface area contributed by atoms with Gasteiger partial charge in [-0.15, -0.1) is 70.6 Å². The maximum Gasteiger partial charge on any atom is 0.0717 e. The number of fused-ring (bicyclic) bond motifs is 15. The average molecular weight is 1400 g/mol. The fraction of sp³-hybridized carbons (Fsp3) is 0.517. The highest BCUT2D eigenvalue weighted by atomic mass is 32.3. The van der Waals surface area contributed by atoms with Crippen molar-refractivity contribution in [3.8, 4) is 0 Å². The number of hydrogen-bond acceptors (Lipinski definition) is 19. The number of aromatic nitrogens is 3. The van der Waals surface area contributed by atoms with Gasteiger partial charge in [0.1, 0.15) is 0 Å². The van der Waals surface area contributed by atoms with Crippen molar-refractivity contribution in [1.29, 1.82) is 0 Å². The van der Waals surface area contributed by atoms with Crippen molar-refractivity contribution in [2.24, 2.45) is 0 Å². The van der Waals surface area contributed by atoms with Crippen LogP contribution in [0.4, 0.5) is 0 Å². The van der Waals surface area contributed by atoms with E-state index < -0.39 is 21.7 Å². The van der Waals surface area contributed by atoms with Crippen LogP contribution in [0.1, 0.15) is 170 Å². The van der Waals surface area contributed by atoms with Crippen molar-refractivity contribution in [2.45, 2.75) is 186 Å². The van der Waals surface area contributed by atoms with E-state index >= 15 is 0 Å². The lowest BCUT2D eigenvalue weighted by molar-refractivity contribution is 0.501. The molecule has 0 fully saturated rings. The van der Waals surface area contributed by atoms with E-state index in [1.807, 2.05) is 188 Å². The van der Waals surface area contributed by atoms with E-state index in [0.29, 0.717) is 0 Å².